The van der Waals surface area contributed by atoms with Gasteiger partial charge in [0, 0.05) is 5.56 Å². The zero-order valence-corrected chi connectivity index (χ0v) is 12.3. The summed E-state index contributed by atoms with van der Waals surface area (Å²) < 4.78 is 52.4. The van der Waals surface area contributed by atoms with Crippen LogP contribution in [0.15, 0.2) is 53.4 Å². The molecule has 0 radical (unpaired) electrons. The molecule has 0 aromatic heterocycles. The number of rotatable bonds is 4. The van der Waals surface area contributed by atoms with E-state index >= 15 is 0 Å². The summed E-state index contributed by atoms with van der Waals surface area (Å²) in [6, 6.07) is 10.3. The molecular weight excluding hydrogens is 320 g/mol. The summed E-state index contributed by atoms with van der Waals surface area (Å²) in [4.78, 5) is -0.280. The van der Waals surface area contributed by atoms with Gasteiger partial charge in [0.1, 0.15) is 5.75 Å². The minimum atomic E-state index is -4.20. The first-order valence-corrected chi connectivity index (χ1v) is 7.96. The molecule has 0 aliphatic heterocycles. The summed E-state index contributed by atoms with van der Waals surface area (Å²) in [5, 5.41) is 0.0131. The molecule has 0 unspecified atom stereocenters. The highest BCUT2D eigenvalue weighted by molar-refractivity contribution is 7.91. The average molecular weight is 332 g/mol. The van der Waals surface area contributed by atoms with Crippen molar-refractivity contribution >= 4 is 27.1 Å². The maximum atomic E-state index is 14.1. The average Bonchev–Trinajstić information content (AvgIpc) is 2.41. The van der Waals surface area contributed by atoms with Gasteiger partial charge in [-0.25, -0.2) is 17.2 Å². The van der Waals surface area contributed by atoms with Crippen molar-refractivity contribution in [3.05, 3.63) is 59.1 Å². The SMILES string of the molecule is Nc1ccc(S(=O)(=O)CC(F)(F)c2ccccc2)cc1Cl. The van der Waals surface area contributed by atoms with Gasteiger partial charge in [0.2, 0.25) is 0 Å². The van der Waals surface area contributed by atoms with E-state index in [1.54, 1.807) is 6.07 Å². The number of nitrogen functional groups attached to an aromatic ring is 1. The summed E-state index contributed by atoms with van der Waals surface area (Å²) in [7, 11) is -4.20. The smallest absolute Gasteiger partial charge is 0.287 e. The highest BCUT2D eigenvalue weighted by Gasteiger charge is 2.38. The van der Waals surface area contributed by atoms with Gasteiger partial charge >= 0.3 is 0 Å². The minimum Gasteiger partial charge on any atom is -0.398 e. The van der Waals surface area contributed by atoms with Crippen molar-refractivity contribution in [2.75, 3.05) is 11.5 Å². The van der Waals surface area contributed by atoms with Gasteiger partial charge in [-0.05, 0) is 18.2 Å². The Morgan fingerprint density at radius 3 is 2.29 bits per heavy atom. The third-order valence-electron chi connectivity index (χ3n) is 2.90. The Morgan fingerprint density at radius 2 is 1.71 bits per heavy atom. The molecule has 0 bridgehead atoms. The van der Waals surface area contributed by atoms with Crippen molar-refractivity contribution in [2.24, 2.45) is 0 Å². The number of anilines is 1. The molecule has 0 aliphatic carbocycles. The van der Waals surface area contributed by atoms with Gasteiger partial charge in [0.25, 0.3) is 5.92 Å². The first kappa shape index (κ1) is 15.7. The second-order valence-corrected chi connectivity index (χ2v) is 6.91. The Balaban J connectivity index is 2.35. The van der Waals surface area contributed by atoms with Crippen molar-refractivity contribution in [3.63, 3.8) is 0 Å². The van der Waals surface area contributed by atoms with Crippen molar-refractivity contribution < 1.29 is 17.2 Å². The predicted octanol–water partition coefficient (Wildman–Crippen LogP) is 3.49. The van der Waals surface area contributed by atoms with Crippen molar-refractivity contribution in [2.45, 2.75) is 10.8 Å². The second-order valence-electron chi connectivity index (χ2n) is 4.51. The third kappa shape index (κ3) is 3.51. The molecule has 112 valence electrons. The summed E-state index contributed by atoms with van der Waals surface area (Å²) in [6.45, 7) is 0. The fraction of sp³-hybridized carbons (Fsp3) is 0.143. The zero-order chi connectivity index (χ0) is 15.7. The van der Waals surface area contributed by atoms with Gasteiger partial charge in [0.15, 0.2) is 9.84 Å². The van der Waals surface area contributed by atoms with Crippen molar-refractivity contribution in [1.29, 1.82) is 0 Å². The molecule has 21 heavy (non-hydrogen) atoms. The van der Waals surface area contributed by atoms with Crippen LogP contribution in [0.5, 0.6) is 0 Å². The quantitative estimate of drug-likeness (QED) is 0.872. The molecule has 2 aromatic carbocycles. The van der Waals surface area contributed by atoms with Crippen LogP contribution in [0.1, 0.15) is 5.56 Å². The lowest BCUT2D eigenvalue weighted by molar-refractivity contribution is 0.0213. The van der Waals surface area contributed by atoms with Gasteiger partial charge in [-0.15, -0.1) is 0 Å². The van der Waals surface area contributed by atoms with Gasteiger partial charge in [-0.1, -0.05) is 41.9 Å². The molecule has 3 nitrogen and oxygen atoms in total. The highest BCUT2D eigenvalue weighted by Crippen LogP contribution is 2.32. The Labute approximate surface area is 126 Å². The van der Waals surface area contributed by atoms with E-state index in [2.05, 4.69) is 0 Å². The van der Waals surface area contributed by atoms with E-state index in [9.17, 15) is 17.2 Å². The summed E-state index contributed by atoms with van der Waals surface area (Å²) in [6.07, 6.45) is 0. The Kier molecular flexibility index (Phi) is 4.20. The summed E-state index contributed by atoms with van der Waals surface area (Å²) in [5.41, 5.74) is 5.31. The van der Waals surface area contributed by atoms with Crippen LogP contribution in [-0.2, 0) is 15.8 Å². The Bertz CT molecular complexity index is 749. The van der Waals surface area contributed by atoms with Crippen LogP contribution >= 0.6 is 11.6 Å². The van der Waals surface area contributed by atoms with Gasteiger partial charge in [0.05, 0.1) is 15.6 Å². The molecule has 0 atom stereocenters. The van der Waals surface area contributed by atoms with Gasteiger partial charge in [-0.3, -0.25) is 0 Å². The fourth-order valence-corrected chi connectivity index (χ4v) is 3.42. The monoisotopic (exact) mass is 331 g/mol. The largest absolute Gasteiger partial charge is 0.398 e. The van der Waals surface area contributed by atoms with Crippen LogP contribution in [0.25, 0.3) is 0 Å². The number of sulfone groups is 1. The molecule has 0 saturated heterocycles. The molecule has 0 amide bonds. The van der Waals surface area contributed by atoms with Crippen LogP contribution in [0.3, 0.4) is 0 Å². The number of nitrogens with two attached hydrogens (primary N) is 1. The van der Waals surface area contributed by atoms with Crippen LogP contribution in [-0.4, -0.2) is 14.2 Å². The van der Waals surface area contributed by atoms with Crippen molar-refractivity contribution in [3.8, 4) is 0 Å². The summed E-state index contributed by atoms with van der Waals surface area (Å²) in [5.74, 6) is -4.82. The lowest BCUT2D eigenvalue weighted by Crippen LogP contribution is -2.25. The van der Waals surface area contributed by atoms with Gasteiger partial charge < -0.3 is 5.73 Å². The van der Waals surface area contributed by atoms with E-state index in [0.717, 1.165) is 12.1 Å². The van der Waals surface area contributed by atoms with Crippen LogP contribution in [0.4, 0.5) is 14.5 Å². The first-order chi connectivity index (χ1) is 9.72. The number of alkyl halides is 2. The number of hydrogen-bond acceptors (Lipinski definition) is 3. The number of halogens is 3. The molecule has 0 aliphatic rings. The van der Waals surface area contributed by atoms with Gasteiger partial charge in [-0.2, -0.15) is 0 Å². The van der Waals surface area contributed by atoms with E-state index in [1.165, 1.54) is 30.3 Å². The third-order valence-corrected chi connectivity index (χ3v) is 4.94. The van der Waals surface area contributed by atoms with E-state index in [4.69, 9.17) is 17.3 Å². The molecule has 2 N–H and O–H groups in total. The number of benzene rings is 2. The van der Waals surface area contributed by atoms with Crippen LogP contribution in [0.2, 0.25) is 5.02 Å². The zero-order valence-electron chi connectivity index (χ0n) is 10.8. The maximum Gasteiger partial charge on any atom is 0.287 e. The lowest BCUT2D eigenvalue weighted by Gasteiger charge is -2.17. The minimum absolute atomic E-state index is 0.0131. The topological polar surface area (TPSA) is 60.2 Å². The Morgan fingerprint density at radius 1 is 1.10 bits per heavy atom. The Hall–Kier alpha value is -1.66. The molecular formula is C14H12ClF2NO2S. The van der Waals surface area contributed by atoms with E-state index in [-0.39, 0.29) is 21.2 Å². The van der Waals surface area contributed by atoms with E-state index in [1.807, 2.05) is 0 Å². The molecule has 0 spiro atoms. The molecule has 2 aromatic rings. The molecule has 0 fully saturated rings. The maximum absolute atomic E-state index is 14.1. The second kappa shape index (κ2) is 5.61. The molecule has 0 saturated carbocycles. The van der Waals surface area contributed by atoms with E-state index < -0.39 is 21.5 Å². The summed E-state index contributed by atoms with van der Waals surface area (Å²) >= 11 is 5.73. The van der Waals surface area contributed by atoms with Crippen molar-refractivity contribution in [1.82, 2.24) is 0 Å². The number of hydrogen-bond donors (Lipinski definition) is 1. The molecule has 7 heteroatoms. The predicted molar refractivity (Wildman–Crippen MR) is 78.3 cm³/mol. The van der Waals surface area contributed by atoms with Crippen LogP contribution < -0.4 is 5.73 Å². The van der Waals surface area contributed by atoms with Crippen LogP contribution in [0, 0.1) is 0 Å². The first-order valence-electron chi connectivity index (χ1n) is 5.93. The molecule has 0 heterocycles. The standard InChI is InChI=1S/C14H12ClF2NO2S/c15-12-8-11(6-7-13(12)18)21(19,20)9-14(16,17)10-4-2-1-3-5-10/h1-8H,9,18H2. The normalized spacial score (nSPS) is 12.3. The van der Waals surface area contributed by atoms with E-state index in [0.29, 0.717) is 0 Å². The fourth-order valence-electron chi connectivity index (χ4n) is 1.79. The molecule has 2 rings (SSSR count). The lowest BCUT2D eigenvalue weighted by atomic mass is 10.1. The highest BCUT2D eigenvalue weighted by atomic mass is 35.5.